The molecule has 1 saturated heterocycles. The third kappa shape index (κ3) is 4.86. The summed E-state index contributed by atoms with van der Waals surface area (Å²) in [5, 5.41) is 12.6. The summed E-state index contributed by atoms with van der Waals surface area (Å²) in [6.07, 6.45) is 11.9. The van der Waals surface area contributed by atoms with Crippen molar-refractivity contribution < 1.29 is 4.39 Å². The number of halogens is 1. The van der Waals surface area contributed by atoms with Gasteiger partial charge in [0.25, 0.3) is 0 Å². The van der Waals surface area contributed by atoms with E-state index in [1.54, 1.807) is 10.9 Å². The van der Waals surface area contributed by atoms with Crippen LogP contribution in [0.25, 0.3) is 0 Å². The molecule has 2 aromatic rings. The van der Waals surface area contributed by atoms with Gasteiger partial charge < -0.3 is 4.90 Å². The highest BCUT2D eigenvalue weighted by molar-refractivity contribution is 5.05. The van der Waals surface area contributed by atoms with Gasteiger partial charge in [-0.3, -0.25) is 4.68 Å². The van der Waals surface area contributed by atoms with Crippen molar-refractivity contribution in [3.05, 3.63) is 29.8 Å². The Bertz CT molecular complexity index is 585. The van der Waals surface area contributed by atoms with E-state index < -0.39 is 6.67 Å². The van der Waals surface area contributed by atoms with E-state index in [0.717, 1.165) is 24.2 Å². The average molecular weight is 320 g/mol. The van der Waals surface area contributed by atoms with Crippen LogP contribution in [-0.4, -0.2) is 56.0 Å². The van der Waals surface area contributed by atoms with Crippen molar-refractivity contribution in [1.82, 2.24) is 29.7 Å². The minimum atomic E-state index is -0.398. The molecule has 0 N–H and O–H groups in total. The van der Waals surface area contributed by atoms with Crippen molar-refractivity contribution in [2.45, 2.75) is 45.2 Å². The Morgan fingerprint density at radius 1 is 1.00 bits per heavy atom. The zero-order valence-electron chi connectivity index (χ0n) is 13.6. The van der Waals surface area contributed by atoms with Crippen molar-refractivity contribution in [3.8, 4) is 0 Å². The highest BCUT2D eigenvalue weighted by Crippen LogP contribution is 2.10. The van der Waals surface area contributed by atoms with E-state index in [4.69, 9.17) is 0 Å². The second-order valence-corrected chi connectivity index (χ2v) is 6.21. The van der Waals surface area contributed by atoms with Crippen LogP contribution in [-0.2, 0) is 19.5 Å². The Morgan fingerprint density at radius 2 is 1.83 bits per heavy atom. The van der Waals surface area contributed by atoms with Crippen LogP contribution in [0.3, 0.4) is 0 Å². The summed E-state index contributed by atoms with van der Waals surface area (Å²) in [7, 11) is 0. The zero-order valence-corrected chi connectivity index (χ0v) is 13.6. The first-order chi connectivity index (χ1) is 11.3. The maximum absolute atomic E-state index is 12.3. The van der Waals surface area contributed by atoms with Gasteiger partial charge in [0, 0.05) is 30.9 Å². The molecule has 1 fully saturated rings. The maximum Gasteiger partial charge on any atom is 0.109 e. The summed E-state index contributed by atoms with van der Waals surface area (Å²) in [6.45, 7) is 4.02. The van der Waals surface area contributed by atoms with E-state index in [9.17, 15) is 4.39 Å². The lowest BCUT2D eigenvalue weighted by Gasteiger charge is -2.18. The molecule has 7 heteroatoms. The Morgan fingerprint density at radius 3 is 2.61 bits per heavy atom. The van der Waals surface area contributed by atoms with E-state index in [0.29, 0.717) is 13.1 Å². The molecule has 6 nitrogen and oxygen atoms in total. The third-order valence-electron chi connectivity index (χ3n) is 4.31. The molecule has 0 unspecified atom stereocenters. The first-order valence-corrected chi connectivity index (χ1v) is 8.52. The number of alkyl halides is 1. The first kappa shape index (κ1) is 16.1. The van der Waals surface area contributed by atoms with Gasteiger partial charge in [-0.15, -0.1) is 5.10 Å². The number of likely N-dealkylation sites (tertiary alicyclic amines) is 1. The van der Waals surface area contributed by atoms with Crippen LogP contribution >= 0.6 is 0 Å². The van der Waals surface area contributed by atoms with Gasteiger partial charge in [-0.25, -0.2) is 9.07 Å². The van der Waals surface area contributed by atoms with E-state index >= 15 is 0 Å². The monoisotopic (exact) mass is 320 g/mol. The Hall–Kier alpha value is -1.76. The van der Waals surface area contributed by atoms with Crippen molar-refractivity contribution >= 4 is 0 Å². The van der Waals surface area contributed by atoms with E-state index in [-0.39, 0.29) is 0 Å². The van der Waals surface area contributed by atoms with Gasteiger partial charge in [-0.2, -0.15) is 5.10 Å². The largest absolute Gasteiger partial charge is 0.303 e. The molecule has 3 rings (SSSR count). The molecular formula is C16H25FN6. The normalized spacial score (nSPS) is 16.6. The van der Waals surface area contributed by atoms with Crippen molar-refractivity contribution in [1.29, 1.82) is 0 Å². The summed E-state index contributed by atoms with van der Waals surface area (Å²) in [5.41, 5.74) is 2.05. The van der Waals surface area contributed by atoms with Crippen LogP contribution in [0.1, 0.15) is 36.9 Å². The molecule has 3 heterocycles. The quantitative estimate of drug-likeness (QED) is 0.782. The predicted molar refractivity (Wildman–Crippen MR) is 85.9 cm³/mol. The number of aryl methyl sites for hydroxylation is 1. The molecule has 23 heavy (non-hydrogen) atoms. The van der Waals surface area contributed by atoms with Crippen molar-refractivity contribution in [2.24, 2.45) is 0 Å². The Kier molecular flexibility index (Phi) is 5.74. The standard InChI is InChI=1S/C16H25FN6/c17-6-10-22-12-15(11-18-22)13-23-14-16(19-20-23)5-9-21-7-3-1-2-4-8-21/h11-12,14H,1-10,13H2. The fourth-order valence-corrected chi connectivity index (χ4v) is 3.05. The van der Waals surface area contributed by atoms with Crippen LogP contribution in [0.2, 0.25) is 0 Å². The van der Waals surface area contributed by atoms with Crippen LogP contribution in [0.15, 0.2) is 18.6 Å². The lowest BCUT2D eigenvalue weighted by molar-refractivity contribution is 0.288. The first-order valence-electron chi connectivity index (χ1n) is 8.52. The van der Waals surface area contributed by atoms with Gasteiger partial charge >= 0.3 is 0 Å². The maximum atomic E-state index is 12.3. The Labute approximate surface area is 136 Å². The average Bonchev–Trinajstić information content (AvgIpc) is 3.09. The molecule has 0 aromatic carbocycles. The van der Waals surface area contributed by atoms with Crippen LogP contribution < -0.4 is 0 Å². The van der Waals surface area contributed by atoms with E-state index in [1.807, 2.05) is 17.1 Å². The number of hydrogen-bond donors (Lipinski definition) is 0. The molecule has 2 aromatic heterocycles. The van der Waals surface area contributed by atoms with E-state index in [2.05, 4.69) is 20.3 Å². The van der Waals surface area contributed by atoms with E-state index in [1.165, 1.54) is 38.8 Å². The van der Waals surface area contributed by atoms with Crippen molar-refractivity contribution in [3.63, 3.8) is 0 Å². The minimum absolute atomic E-state index is 0.304. The second-order valence-electron chi connectivity index (χ2n) is 6.21. The van der Waals surface area contributed by atoms with Gasteiger partial charge in [0.05, 0.1) is 25.0 Å². The molecule has 0 radical (unpaired) electrons. The smallest absolute Gasteiger partial charge is 0.109 e. The van der Waals surface area contributed by atoms with Gasteiger partial charge in [0.15, 0.2) is 0 Å². The molecule has 1 aliphatic heterocycles. The molecule has 0 bridgehead atoms. The summed E-state index contributed by atoms with van der Waals surface area (Å²) in [5.74, 6) is 0. The minimum Gasteiger partial charge on any atom is -0.303 e. The highest BCUT2D eigenvalue weighted by atomic mass is 19.1. The molecule has 1 aliphatic rings. The predicted octanol–water partition coefficient (Wildman–Crippen LogP) is 1.91. The van der Waals surface area contributed by atoms with Crippen LogP contribution in [0.5, 0.6) is 0 Å². The summed E-state index contributed by atoms with van der Waals surface area (Å²) in [4.78, 5) is 2.53. The fourth-order valence-electron chi connectivity index (χ4n) is 3.05. The van der Waals surface area contributed by atoms with Gasteiger partial charge in [-0.05, 0) is 25.9 Å². The molecule has 0 aliphatic carbocycles. The van der Waals surface area contributed by atoms with Crippen LogP contribution in [0.4, 0.5) is 4.39 Å². The number of rotatable bonds is 7. The Balaban J connectivity index is 1.49. The van der Waals surface area contributed by atoms with Gasteiger partial charge in [0.1, 0.15) is 6.67 Å². The summed E-state index contributed by atoms with van der Waals surface area (Å²) >= 11 is 0. The molecule has 0 amide bonds. The topological polar surface area (TPSA) is 51.8 Å². The fraction of sp³-hybridized carbons (Fsp3) is 0.688. The zero-order chi connectivity index (χ0) is 15.9. The van der Waals surface area contributed by atoms with Crippen LogP contribution in [0, 0.1) is 0 Å². The highest BCUT2D eigenvalue weighted by Gasteiger charge is 2.10. The molecule has 0 spiro atoms. The summed E-state index contributed by atoms with van der Waals surface area (Å²) < 4.78 is 15.7. The number of nitrogens with zero attached hydrogens (tertiary/aromatic N) is 6. The molecular weight excluding hydrogens is 295 g/mol. The molecule has 0 saturated carbocycles. The lowest BCUT2D eigenvalue weighted by atomic mass is 10.2. The third-order valence-corrected chi connectivity index (χ3v) is 4.31. The SMILES string of the molecule is FCCn1cc(Cn2cc(CCN3CCCCCC3)nn2)cn1. The number of hydrogen-bond acceptors (Lipinski definition) is 4. The summed E-state index contributed by atoms with van der Waals surface area (Å²) in [6, 6.07) is 0. The van der Waals surface area contributed by atoms with Gasteiger partial charge in [0.2, 0.25) is 0 Å². The number of aromatic nitrogens is 5. The lowest BCUT2D eigenvalue weighted by Crippen LogP contribution is -2.27. The van der Waals surface area contributed by atoms with Gasteiger partial charge in [-0.1, -0.05) is 18.1 Å². The van der Waals surface area contributed by atoms with Crippen molar-refractivity contribution in [2.75, 3.05) is 26.3 Å². The molecule has 0 atom stereocenters. The molecule has 126 valence electrons. The second kappa shape index (κ2) is 8.19.